The molecule has 232 valence electrons. The Hall–Kier alpha value is -2.87. The zero-order chi connectivity index (χ0) is 29.8. The quantitative estimate of drug-likeness (QED) is 0.320. The molecular formula is C29H35N2O11P. The Kier molecular flexibility index (Phi) is 9.41. The average molecular weight is 619 g/mol. The predicted octanol–water partition coefficient (Wildman–Crippen LogP) is 3.61. The Morgan fingerprint density at radius 1 is 0.930 bits per heavy atom. The molecule has 1 aromatic heterocycles. The van der Waals surface area contributed by atoms with Crippen LogP contribution in [0.5, 0.6) is 5.75 Å². The number of ether oxygens (including phenoxy) is 5. The van der Waals surface area contributed by atoms with Gasteiger partial charge in [-0.25, -0.2) is 9.36 Å². The Morgan fingerprint density at radius 2 is 1.67 bits per heavy atom. The van der Waals surface area contributed by atoms with E-state index in [1.165, 1.54) is 12.3 Å². The smallest absolute Gasteiger partial charge is 0.403 e. The van der Waals surface area contributed by atoms with E-state index in [0.717, 1.165) is 35.6 Å². The van der Waals surface area contributed by atoms with Crippen LogP contribution in [0.25, 0.3) is 10.8 Å². The summed E-state index contributed by atoms with van der Waals surface area (Å²) in [4.78, 5) is 38.0. The van der Waals surface area contributed by atoms with Crippen molar-refractivity contribution < 1.29 is 42.2 Å². The summed E-state index contributed by atoms with van der Waals surface area (Å²) in [6.07, 6.45) is 0.435. The van der Waals surface area contributed by atoms with E-state index in [0.29, 0.717) is 31.4 Å². The van der Waals surface area contributed by atoms with Crippen LogP contribution < -0.4 is 15.8 Å². The number of nitrogens with one attached hydrogen (secondary N) is 1. The fourth-order valence-electron chi connectivity index (χ4n) is 5.58. The summed E-state index contributed by atoms with van der Waals surface area (Å²) in [5.74, 6) is 0.160. The minimum Gasteiger partial charge on any atom is -0.403 e. The van der Waals surface area contributed by atoms with Gasteiger partial charge in [0.2, 0.25) is 0 Å². The first kappa shape index (κ1) is 30.2. The summed E-state index contributed by atoms with van der Waals surface area (Å²) >= 11 is 0. The normalized spacial score (nSPS) is 29.3. The molecule has 3 aromatic rings. The molecule has 0 amide bonds. The van der Waals surface area contributed by atoms with E-state index in [4.69, 9.17) is 32.7 Å². The molecule has 0 saturated carbocycles. The Bertz CT molecular complexity index is 1540. The highest BCUT2D eigenvalue weighted by Crippen LogP contribution is 2.50. The van der Waals surface area contributed by atoms with Crippen LogP contribution >= 0.6 is 7.82 Å². The second-order valence-electron chi connectivity index (χ2n) is 10.7. The van der Waals surface area contributed by atoms with Gasteiger partial charge in [-0.3, -0.25) is 23.8 Å². The van der Waals surface area contributed by atoms with Crippen molar-refractivity contribution in [3.63, 3.8) is 0 Å². The first-order chi connectivity index (χ1) is 20.9. The Balaban J connectivity index is 1.32. The molecule has 3 unspecified atom stereocenters. The third-order valence-electron chi connectivity index (χ3n) is 7.66. The lowest BCUT2D eigenvalue weighted by atomic mass is 10.1. The largest absolute Gasteiger partial charge is 0.527 e. The van der Waals surface area contributed by atoms with E-state index in [-0.39, 0.29) is 12.4 Å². The first-order valence-electron chi connectivity index (χ1n) is 14.5. The molecule has 6 rings (SSSR count). The van der Waals surface area contributed by atoms with Gasteiger partial charge in [0.25, 0.3) is 5.56 Å². The number of phosphoric ester groups is 1. The minimum absolute atomic E-state index is 0.0937. The van der Waals surface area contributed by atoms with Crippen LogP contribution in [-0.2, 0) is 32.8 Å². The highest BCUT2D eigenvalue weighted by atomic mass is 31.2. The molecule has 3 saturated heterocycles. The maximum atomic E-state index is 13.6. The number of hydrogen-bond acceptors (Lipinski definition) is 10. The third-order valence-corrected chi connectivity index (χ3v) is 8.60. The number of aromatic amines is 1. The summed E-state index contributed by atoms with van der Waals surface area (Å²) in [6, 6.07) is 13.6. The van der Waals surface area contributed by atoms with Gasteiger partial charge < -0.3 is 28.2 Å². The number of phosphoric acid groups is 1. The number of H-pyrrole nitrogens is 1. The van der Waals surface area contributed by atoms with Crippen molar-refractivity contribution in [1.29, 1.82) is 0 Å². The number of aromatic nitrogens is 2. The number of nitrogens with zero attached hydrogens (tertiary/aromatic N) is 1. The first-order valence-corrected chi connectivity index (χ1v) is 16.0. The molecule has 13 nitrogen and oxygen atoms in total. The SMILES string of the molecule is O=c1ccn([C@@H]2O[C@H](COC3CCCCO3)[C@@H](OP(=O)(O)Oc3cccc4ccccc34)[C@H]2OC2CCCCO2)c(=O)[nH]1. The highest BCUT2D eigenvalue weighted by Gasteiger charge is 2.52. The van der Waals surface area contributed by atoms with Crippen molar-refractivity contribution in [1.82, 2.24) is 9.55 Å². The Morgan fingerprint density at radius 3 is 2.42 bits per heavy atom. The average Bonchev–Trinajstić information content (AvgIpc) is 3.32. The van der Waals surface area contributed by atoms with Gasteiger partial charge >= 0.3 is 13.5 Å². The molecule has 0 radical (unpaired) electrons. The summed E-state index contributed by atoms with van der Waals surface area (Å²) in [6.45, 7) is 0.936. The van der Waals surface area contributed by atoms with Crippen molar-refractivity contribution in [3.05, 3.63) is 75.6 Å². The van der Waals surface area contributed by atoms with Crippen LogP contribution in [0.1, 0.15) is 44.8 Å². The summed E-state index contributed by atoms with van der Waals surface area (Å²) in [5, 5.41) is 1.44. The van der Waals surface area contributed by atoms with Crippen molar-refractivity contribution >= 4 is 18.6 Å². The van der Waals surface area contributed by atoms with Crippen LogP contribution in [0.3, 0.4) is 0 Å². The van der Waals surface area contributed by atoms with E-state index in [1.807, 2.05) is 18.2 Å². The fourth-order valence-corrected chi connectivity index (χ4v) is 6.59. The van der Waals surface area contributed by atoms with Crippen molar-refractivity contribution in [2.75, 3.05) is 19.8 Å². The maximum absolute atomic E-state index is 13.6. The van der Waals surface area contributed by atoms with Crippen molar-refractivity contribution in [3.8, 4) is 5.75 Å². The van der Waals surface area contributed by atoms with Gasteiger partial charge in [0.05, 0.1) is 6.61 Å². The molecule has 2 aromatic carbocycles. The Labute approximate surface area is 247 Å². The van der Waals surface area contributed by atoms with Gasteiger partial charge in [-0.1, -0.05) is 36.4 Å². The van der Waals surface area contributed by atoms with Gasteiger partial charge in [-0.05, 0) is 50.0 Å². The standard InChI is InChI=1S/C29H35N2O11P/c32-23-14-15-31(29(33)30-23)28-27(40-25-13-4-6-17-37-25)26(22(39-28)18-38-24-12-3-5-16-36-24)42-43(34,35)41-21-11-7-9-19-8-1-2-10-20(19)21/h1-2,7-11,14-15,22,24-28H,3-6,12-13,16-18H2,(H,34,35)(H,30,32,33)/t22-,24?,25?,26-,27-,28-/m1/s1. The summed E-state index contributed by atoms with van der Waals surface area (Å²) in [5.41, 5.74) is -1.33. The zero-order valence-electron chi connectivity index (χ0n) is 23.4. The molecule has 0 bridgehead atoms. The maximum Gasteiger partial charge on any atom is 0.527 e. The topological polar surface area (TPSA) is 157 Å². The van der Waals surface area contributed by atoms with Crippen LogP contribution in [0.4, 0.5) is 0 Å². The molecule has 3 fully saturated rings. The predicted molar refractivity (Wildman–Crippen MR) is 153 cm³/mol. The van der Waals surface area contributed by atoms with E-state index in [2.05, 4.69) is 4.98 Å². The molecule has 4 heterocycles. The molecule has 14 heteroatoms. The summed E-state index contributed by atoms with van der Waals surface area (Å²) in [7, 11) is -4.82. The third kappa shape index (κ3) is 7.27. The second-order valence-corrected chi connectivity index (χ2v) is 12.0. The van der Waals surface area contributed by atoms with Crippen molar-refractivity contribution in [2.45, 2.75) is 75.6 Å². The molecule has 43 heavy (non-hydrogen) atoms. The number of hydrogen-bond donors (Lipinski definition) is 2. The second kappa shape index (κ2) is 13.4. The van der Waals surface area contributed by atoms with E-state index in [9.17, 15) is 19.0 Å². The highest BCUT2D eigenvalue weighted by molar-refractivity contribution is 7.47. The fraction of sp³-hybridized carbons (Fsp3) is 0.517. The van der Waals surface area contributed by atoms with Crippen LogP contribution in [0, 0.1) is 0 Å². The molecule has 3 aliphatic rings. The molecular weight excluding hydrogens is 583 g/mol. The minimum atomic E-state index is -4.82. The lowest BCUT2D eigenvalue weighted by molar-refractivity contribution is -0.214. The zero-order valence-corrected chi connectivity index (χ0v) is 24.3. The van der Waals surface area contributed by atoms with Gasteiger partial charge in [0, 0.05) is 30.9 Å². The van der Waals surface area contributed by atoms with Gasteiger partial charge in [-0.2, -0.15) is 0 Å². The van der Waals surface area contributed by atoms with E-state index < -0.39 is 56.2 Å². The van der Waals surface area contributed by atoms with Crippen LogP contribution in [0.2, 0.25) is 0 Å². The molecule has 0 aliphatic carbocycles. The monoisotopic (exact) mass is 618 g/mol. The van der Waals surface area contributed by atoms with Crippen molar-refractivity contribution in [2.24, 2.45) is 0 Å². The van der Waals surface area contributed by atoms with Gasteiger partial charge in [0.1, 0.15) is 24.1 Å². The molecule has 2 N–H and O–H groups in total. The number of benzene rings is 2. The number of rotatable bonds is 10. The summed E-state index contributed by atoms with van der Waals surface area (Å²) < 4.78 is 56.3. The van der Waals surface area contributed by atoms with E-state index in [1.54, 1.807) is 24.3 Å². The lowest BCUT2D eigenvalue weighted by Gasteiger charge is -2.31. The lowest BCUT2D eigenvalue weighted by Crippen LogP contribution is -2.43. The van der Waals surface area contributed by atoms with E-state index >= 15 is 0 Å². The van der Waals surface area contributed by atoms with Crippen LogP contribution in [0.15, 0.2) is 64.3 Å². The number of fused-ring (bicyclic) bond motifs is 1. The van der Waals surface area contributed by atoms with Crippen LogP contribution in [-0.4, -0.2) is 65.2 Å². The molecule has 0 spiro atoms. The van der Waals surface area contributed by atoms with Gasteiger partial charge in [-0.15, -0.1) is 0 Å². The van der Waals surface area contributed by atoms with Gasteiger partial charge in [0.15, 0.2) is 18.8 Å². The molecule has 3 aliphatic heterocycles. The molecule has 7 atom stereocenters.